The minimum Gasteiger partial charge on any atom is -0.465 e. The monoisotopic (exact) mass is 272 g/mol. The van der Waals surface area contributed by atoms with E-state index in [9.17, 15) is 4.79 Å². The standard InChI is InChI=1S/C18H24O2/c1-15(2)13-16(3)9-7-8-12-20-18(19)14-17-10-5-4-6-11-17/h4-7,9-11,16H,1,8,12-14H2,2-3H3/b9-7+. The SMILES string of the molecule is C=C(C)CC(C)/C=C/CCOC(=O)Cc1ccccc1. The van der Waals surface area contributed by atoms with Crippen LogP contribution in [0.5, 0.6) is 0 Å². The first kappa shape index (κ1) is 16.2. The molecule has 2 nitrogen and oxygen atoms in total. The van der Waals surface area contributed by atoms with Gasteiger partial charge in [-0.15, -0.1) is 6.58 Å². The fourth-order valence-corrected chi connectivity index (χ4v) is 2.00. The number of ether oxygens (including phenoxy) is 1. The van der Waals surface area contributed by atoms with Gasteiger partial charge in [0.15, 0.2) is 0 Å². The van der Waals surface area contributed by atoms with Gasteiger partial charge >= 0.3 is 5.97 Å². The summed E-state index contributed by atoms with van der Waals surface area (Å²) < 4.78 is 5.20. The van der Waals surface area contributed by atoms with Crippen LogP contribution in [0.15, 0.2) is 54.6 Å². The molecule has 1 unspecified atom stereocenters. The van der Waals surface area contributed by atoms with Crippen LogP contribution in [0.2, 0.25) is 0 Å². The van der Waals surface area contributed by atoms with Gasteiger partial charge in [0, 0.05) is 0 Å². The molecule has 0 aliphatic heterocycles. The molecule has 0 bridgehead atoms. The second-order valence-electron chi connectivity index (χ2n) is 5.24. The number of hydrogen-bond donors (Lipinski definition) is 0. The number of carbonyl (C=O) groups excluding carboxylic acids is 1. The molecule has 0 saturated heterocycles. The number of carbonyl (C=O) groups is 1. The Morgan fingerprint density at radius 3 is 2.70 bits per heavy atom. The minimum atomic E-state index is -0.167. The van der Waals surface area contributed by atoms with E-state index >= 15 is 0 Å². The number of hydrogen-bond acceptors (Lipinski definition) is 2. The van der Waals surface area contributed by atoms with Crippen LogP contribution >= 0.6 is 0 Å². The summed E-state index contributed by atoms with van der Waals surface area (Å²) >= 11 is 0. The highest BCUT2D eigenvalue weighted by molar-refractivity contribution is 5.72. The molecular weight excluding hydrogens is 248 g/mol. The largest absolute Gasteiger partial charge is 0.465 e. The van der Waals surface area contributed by atoms with Gasteiger partial charge in [0.1, 0.15) is 0 Å². The van der Waals surface area contributed by atoms with Gasteiger partial charge in [0.2, 0.25) is 0 Å². The summed E-state index contributed by atoms with van der Waals surface area (Å²) in [7, 11) is 0. The Balaban J connectivity index is 2.16. The maximum absolute atomic E-state index is 11.6. The van der Waals surface area contributed by atoms with Crippen molar-refractivity contribution in [1.82, 2.24) is 0 Å². The average molecular weight is 272 g/mol. The molecule has 20 heavy (non-hydrogen) atoms. The summed E-state index contributed by atoms with van der Waals surface area (Å²) in [4.78, 5) is 11.6. The van der Waals surface area contributed by atoms with Crippen molar-refractivity contribution in [1.29, 1.82) is 0 Å². The van der Waals surface area contributed by atoms with Crippen molar-refractivity contribution >= 4 is 5.97 Å². The van der Waals surface area contributed by atoms with Gasteiger partial charge in [0.05, 0.1) is 13.0 Å². The van der Waals surface area contributed by atoms with Crippen LogP contribution in [0.4, 0.5) is 0 Å². The number of allylic oxidation sites excluding steroid dienone is 2. The van der Waals surface area contributed by atoms with Crippen LogP contribution in [0.3, 0.4) is 0 Å². The highest BCUT2D eigenvalue weighted by Crippen LogP contribution is 2.10. The summed E-state index contributed by atoms with van der Waals surface area (Å²) in [6.45, 7) is 8.54. The second-order valence-corrected chi connectivity index (χ2v) is 5.24. The molecule has 2 heteroatoms. The van der Waals surface area contributed by atoms with Gasteiger partial charge in [-0.25, -0.2) is 0 Å². The first-order valence-corrected chi connectivity index (χ1v) is 7.08. The molecule has 0 amide bonds. The van der Waals surface area contributed by atoms with E-state index in [0.717, 1.165) is 18.4 Å². The van der Waals surface area contributed by atoms with Crippen LogP contribution in [0.1, 0.15) is 32.3 Å². The predicted octanol–water partition coefficient (Wildman–Crippen LogP) is 4.32. The van der Waals surface area contributed by atoms with Gasteiger partial charge < -0.3 is 4.74 Å². The van der Waals surface area contributed by atoms with Crippen molar-refractivity contribution in [2.24, 2.45) is 5.92 Å². The van der Waals surface area contributed by atoms with E-state index in [1.165, 1.54) is 5.57 Å². The summed E-state index contributed by atoms with van der Waals surface area (Å²) in [6, 6.07) is 9.65. The molecule has 0 spiro atoms. The van der Waals surface area contributed by atoms with Crippen molar-refractivity contribution in [2.45, 2.75) is 33.1 Å². The van der Waals surface area contributed by atoms with Crippen LogP contribution < -0.4 is 0 Å². The zero-order chi connectivity index (χ0) is 14.8. The third-order valence-electron chi connectivity index (χ3n) is 2.87. The van der Waals surface area contributed by atoms with Crippen LogP contribution in [0.25, 0.3) is 0 Å². The molecule has 0 saturated carbocycles. The molecule has 0 aliphatic carbocycles. The van der Waals surface area contributed by atoms with E-state index in [0.29, 0.717) is 18.9 Å². The van der Waals surface area contributed by atoms with Crippen molar-refractivity contribution in [2.75, 3.05) is 6.61 Å². The lowest BCUT2D eigenvalue weighted by atomic mass is 10.0. The van der Waals surface area contributed by atoms with E-state index in [1.54, 1.807) is 0 Å². The Hall–Kier alpha value is -1.83. The lowest BCUT2D eigenvalue weighted by molar-refractivity contribution is -0.142. The average Bonchev–Trinajstić information content (AvgIpc) is 2.38. The molecule has 0 N–H and O–H groups in total. The zero-order valence-corrected chi connectivity index (χ0v) is 12.5. The van der Waals surface area contributed by atoms with Crippen LogP contribution in [-0.4, -0.2) is 12.6 Å². The Morgan fingerprint density at radius 1 is 1.35 bits per heavy atom. The third kappa shape index (κ3) is 7.57. The fraction of sp³-hybridized carbons (Fsp3) is 0.389. The highest BCUT2D eigenvalue weighted by atomic mass is 16.5. The van der Waals surface area contributed by atoms with Crippen LogP contribution in [0, 0.1) is 5.92 Å². The second kappa shape index (κ2) is 9.13. The molecule has 1 atom stereocenters. The smallest absolute Gasteiger partial charge is 0.310 e. The minimum absolute atomic E-state index is 0.167. The molecular formula is C18H24O2. The molecule has 1 aromatic carbocycles. The molecule has 0 heterocycles. The summed E-state index contributed by atoms with van der Waals surface area (Å²) in [6.07, 6.45) is 6.34. The van der Waals surface area contributed by atoms with E-state index in [4.69, 9.17) is 4.74 Å². The predicted molar refractivity (Wildman–Crippen MR) is 83.5 cm³/mol. The number of benzene rings is 1. The Labute approximate surface area is 122 Å². The van der Waals surface area contributed by atoms with Gasteiger partial charge in [-0.05, 0) is 31.2 Å². The van der Waals surface area contributed by atoms with Crippen LogP contribution in [-0.2, 0) is 16.0 Å². The van der Waals surface area contributed by atoms with Crippen molar-refractivity contribution in [3.63, 3.8) is 0 Å². The maximum Gasteiger partial charge on any atom is 0.310 e. The van der Waals surface area contributed by atoms with E-state index in [1.807, 2.05) is 37.3 Å². The molecule has 0 radical (unpaired) electrons. The topological polar surface area (TPSA) is 26.3 Å². The summed E-state index contributed by atoms with van der Waals surface area (Å²) in [5, 5.41) is 0. The quantitative estimate of drug-likeness (QED) is 0.400. The van der Waals surface area contributed by atoms with Gasteiger partial charge in [0.25, 0.3) is 0 Å². The lowest BCUT2D eigenvalue weighted by Gasteiger charge is -2.05. The Kier molecular flexibility index (Phi) is 7.41. The highest BCUT2D eigenvalue weighted by Gasteiger charge is 2.03. The molecule has 0 aromatic heterocycles. The van der Waals surface area contributed by atoms with Crippen molar-refractivity contribution in [3.8, 4) is 0 Å². The third-order valence-corrected chi connectivity index (χ3v) is 2.87. The first-order chi connectivity index (χ1) is 9.58. The summed E-state index contributed by atoms with van der Waals surface area (Å²) in [5.41, 5.74) is 2.18. The fourth-order valence-electron chi connectivity index (χ4n) is 2.00. The molecule has 1 rings (SSSR count). The van der Waals surface area contributed by atoms with Gasteiger partial charge in [-0.1, -0.05) is 55.0 Å². The maximum atomic E-state index is 11.6. The number of rotatable bonds is 8. The van der Waals surface area contributed by atoms with Crippen molar-refractivity contribution < 1.29 is 9.53 Å². The Morgan fingerprint density at radius 2 is 2.05 bits per heavy atom. The lowest BCUT2D eigenvalue weighted by Crippen LogP contribution is -2.08. The van der Waals surface area contributed by atoms with Gasteiger partial charge in [-0.3, -0.25) is 4.79 Å². The molecule has 108 valence electrons. The van der Waals surface area contributed by atoms with Crippen molar-refractivity contribution in [3.05, 3.63) is 60.2 Å². The molecule has 0 aliphatic rings. The molecule has 1 aromatic rings. The van der Waals surface area contributed by atoms with Gasteiger partial charge in [-0.2, -0.15) is 0 Å². The van der Waals surface area contributed by atoms with E-state index in [-0.39, 0.29) is 5.97 Å². The normalized spacial score (nSPS) is 12.3. The zero-order valence-electron chi connectivity index (χ0n) is 12.5. The number of esters is 1. The first-order valence-electron chi connectivity index (χ1n) is 7.08. The molecule has 0 fully saturated rings. The Bertz CT molecular complexity index is 446. The van der Waals surface area contributed by atoms with E-state index < -0.39 is 0 Å². The van der Waals surface area contributed by atoms with E-state index in [2.05, 4.69) is 25.7 Å². The summed E-state index contributed by atoms with van der Waals surface area (Å²) in [5.74, 6) is 0.326.